The molecule has 0 aliphatic heterocycles. The molecule has 0 aliphatic rings. The Bertz CT molecular complexity index is 284. The zero-order chi connectivity index (χ0) is 10.2. The molecule has 1 unspecified atom stereocenters. The van der Waals surface area contributed by atoms with E-state index in [9.17, 15) is 0 Å². The van der Waals surface area contributed by atoms with E-state index in [0.717, 1.165) is 31.2 Å². The molecule has 14 heavy (non-hydrogen) atoms. The lowest BCUT2D eigenvalue weighted by Gasteiger charge is -2.08. The number of benzene rings is 1. The lowest BCUT2D eigenvalue weighted by atomic mass is 9.95. The molecule has 1 rings (SSSR count). The lowest BCUT2D eigenvalue weighted by molar-refractivity contribution is 0.648. The Morgan fingerprint density at radius 1 is 1.21 bits per heavy atom. The average Bonchev–Trinajstić information content (AvgIpc) is 2.26. The van der Waals surface area contributed by atoms with Crippen LogP contribution in [0.5, 0.6) is 0 Å². The van der Waals surface area contributed by atoms with Gasteiger partial charge in [-0.1, -0.05) is 56.5 Å². The predicted molar refractivity (Wildman–Crippen MR) is 58.6 cm³/mol. The third kappa shape index (κ3) is 3.22. The summed E-state index contributed by atoms with van der Waals surface area (Å²) in [5.74, 6) is 0.0581. The number of rotatable bonds is 5. The molecule has 1 aromatic carbocycles. The summed E-state index contributed by atoms with van der Waals surface area (Å²) in [6, 6.07) is 12.4. The van der Waals surface area contributed by atoms with Crippen molar-refractivity contribution in [3.8, 4) is 6.07 Å². The van der Waals surface area contributed by atoms with E-state index in [2.05, 4.69) is 13.0 Å². The highest BCUT2D eigenvalue weighted by molar-refractivity contribution is 5.24. The van der Waals surface area contributed by atoms with E-state index in [1.54, 1.807) is 0 Å². The van der Waals surface area contributed by atoms with Gasteiger partial charge in [0.1, 0.15) is 0 Å². The molecule has 0 saturated carbocycles. The van der Waals surface area contributed by atoms with E-state index >= 15 is 0 Å². The van der Waals surface area contributed by atoms with Crippen molar-refractivity contribution in [2.45, 2.75) is 31.6 Å². The molecule has 1 atom stereocenters. The minimum absolute atomic E-state index is 0.0581. The van der Waals surface area contributed by atoms with Gasteiger partial charge >= 0.3 is 0 Å². The monoisotopic (exact) mass is 186 g/mol. The van der Waals surface area contributed by atoms with Crippen LogP contribution in [0.1, 0.15) is 37.2 Å². The lowest BCUT2D eigenvalue weighted by Crippen LogP contribution is -1.95. The van der Waals surface area contributed by atoms with Gasteiger partial charge in [-0.15, -0.1) is 0 Å². The Morgan fingerprint density at radius 2 is 1.93 bits per heavy atom. The van der Waals surface area contributed by atoms with E-state index < -0.39 is 0 Å². The summed E-state index contributed by atoms with van der Waals surface area (Å²) < 4.78 is 0. The van der Waals surface area contributed by atoms with Crippen LogP contribution >= 0.6 is 0 Å². The second-order valence-corrected chi connectivity index (χ2v) is 3.44. The van der Waals surface area contributed by atoms with Crippen molar-refractivity contribution in [1.29, 1.82) is 5.26 Å². The Labute approximate surface area is 86.4 Å². The third-order valence-corrected chi connectivity index (χ3v) is 2.35. The minimum atomic E-state index is 0.0581. The molecule has 0 aliphatic carbocycles. The molecule has 1 nitrogen and oxygen atoms in total. The summed E-state index contributed by atoms with van der Waals surface area (Å²) in [4.78, 5) is 0. The molecule has 0 spiro atoms. The van der Waals surface area contributed by atoms with Gasteiger partial charge < -0.3 is 0 Å². The number of hydrogen-bond acceptors (Lipinski definition) is 1. The van der Waals surface area contributed by atoms with Gasteiger partial charge in [0.05, 0.1) is 12.0 Å². The molecule has 1 heteroatoms. The SMILES string of the molecule is [CH2]CCCCC(C#N)c1ccccc1. The zero-order valence-corrected chi connectivity index (χ0v) is 8.45. The van der Waals surface area contributed by atoms with Gasteiger partial charge in [-0.3, -0.25) is 0 Å². The van der Waals surface area contributed by atoms with Crippen molar-refractivity contribution in [1.82, 2.24) is 0 Å². The van der Waals surface area contributed by atoms with E-state index in [4.69, 9.17) is 5.26 Å². The highest BCUT2D eigenvalue weighted by Gasteiger charge is 2.08. The largest absolute Gasteiger partial charge is 0.198 e. The standard InChI is InChI=1S/C13H16N/c1-2-3-5-10-13(11-14)12-8-6-4-7-9-12/h4,6-9,13H,1-3,5,10H2. The summed E-state index contributed by atoms with van der Waals surface area (Å²) in [5, 5.41) is 9.01. The zero-order valence-electron chi connectivity index (χ0n) is 8.45. The Morgan fingerprint density at radius 3 is 2.50 bits per heavy atom. The molecule has 0 N–H and O–H groups in total. The highest BCUT2D eigenvalue weighted by Crippen LogP contribution is 2.21. The third-order valence-electron chi connectivity index (χ3n) is 2.35. The molecule has 0 aromatic heterocycles. The molecule has 1 radical (unpaired) electrons. The second kappa shape index (κ2) is 6.21. The molecular weight excluding hydrogens is 170 g/mol. The number of nitrogens with zero attached hydrogens (tertiary/aromatic N) is 1. The Kier molecular flexibility index (Phi) is 4.78. The molecule has 0 saturated heterocycles. The van der Waals surface area contributed by atoms with E-state index in [1.165, 1.54) is 0 Å². The highest BCUT2D eigenvalue weighted by atomic mass is 14.3. The first-order chi connectivity index (χ1) is 6.88. The van der Waals surface area contributed by atoms with Gasteiger partial charge in [-0.2, -0.15) is 5.26 Å². The molecule has 1 aromatic rings. The summed E-state index contributed by atoms with van der Waals surface area (Å²) in [6.45, 7) is 3.80. The molecule has 73 valence electrons. The minimum Gasteiger partial charge on any atom is -0.198 e. The Hall–Kier alpha value is -1.29. The van der Waals surface area contributed by atoms with Crippen molar-refractivity contribution in [2.24, 2.45) is 0 Å². The van der Waals surface area contributed by atoms with Crippen LogP contribution in [0.15, 0.2) is 30.3 Å². The molecule has 0 fully saturated rings. The summed E-state index contributed by atoms with van der Waals surface area (Å²) in [7, 11) is 0. The van der Waals surface area contributed by atoms with Gasteiger partial charge in [0.25, 0.3) is 0 Å². The van der Waals surface area contributed by atoms with Gasteiger partial charge in [0.2, 0.25) is 0 Å². The maximum absolute atomic E-state index is 9.01. The van der Waals surface area contributed by atoms with Gasteiger partial charge in [-0.25, -0.2) is 0 Å². The normalized spacial score (nSPS) is 12.0. The van der Waals surface area contributed by atoms with Gasteiger partial charge in [0.15, 0.2) is 0 Å². The second-order valence-electron chi connectivity index (χ2n) is 3.44. The quantitative estimate of drug-likeness (QED) is 0.643. The number of unbranched alkanes of at least 4 members (excludes halogenated alkanes) is 2. The topological polar surface area (TPSA) is 23.8 Å². The van der Waals surface area contributed by atoms with E-state index in [1.807, 2.05) is 30.3 Å². The fourth-order valence-electron chi connectivity index (χ4n) is 1.52. The predicted octanol–water partition coefficient (Wildman–Crippen LogP) is 3.69. The van der Waals surface area contributed by atoms with Crippen molar-refractivity contribution < 1.29 is 0 Å². The van der Waals surface area contributed by atoms with Crippen molar-refractivity contribution >= 4 is 0 Å². The molecule has 0 amide bonds. The molecule has 0 bridgehead atoms. The van der Waals surface area contributed by atoms with Crippen LogP contribution in [-0.2, 0) is 0 Å². The summed E-state index contributed by atoms with van der Waals surface area (Å²) >= 11 is 0. The fraction of sp³-hybridized carbons (Fsp3) is 0.385. The fourth-order valence-corrected chi connectivity index (χ4v) is 1.52. The maximum Gasteiger partial charge on any atom is 0.0712 e. The first-order valence-electron chi connectivity index (χ1n) is 5.12. The summed E-state index contributed by atoms with van der Waals surface area (Å²) in [6.07, 6.45) is 4.13. The summed E-state index contributed by atoms with van der Waals surface area (Å²) in [5.41, 5.74) is 1.14. The smallest absolute Gasteiger partial charge is 0.0712 e. The van der Waals surface area contributed by atoms with Gasteiger partial charge in [0, 0.05) is 0 Å². The van der Waals surface area contributed by atoms with Crippen molar-refractivity contribution in [3.63, 3.8) is 0 Å². The molecular formula is C13H16N. The average molecular weight is 186 g/mol. The molecule has 0 heterocycles. The van der Waals surface area contributed by atoms with Crippen molar-refractivity contribution in [3.05, 3.63) is 42.8 Å². The van der Waals surface area contributed by atoms with Crippen LogP contribution in [0, 0.1) is 18.3 Å². The van der Waals surface area contributed by atoms with Crippen LogP contribution in [-0.4, -0.2) is 0 Å². The van der Waals surface area contributed by atoms with Crippen LogP contribution in [0.4, 0.5) is 0 Å². The first-order valence-corrected chi connectivity index (χ1v) is 5.12. The van der Waals surface area contributed by atoms with Gasteiger partial charge in [-0.05, 0) is 12.0 Å². The maximum atomic E-state index is 9.01. The van der Waals surface area contributed by atoms with Crippen LogP contribution < -0.4 is 0 Å². The number of nitriles is 1. The van der Waals surface area contributed by atoms with Crippen LogP contribution in [0.2, 0.25) is 0 Å². The number of hydrogen-bond donors (Lipinski definition) is 0. The van der Waals surface area contributed by atoms with Crippen molar-refractivity contribution in [2.75, 3.05) is 0 Å². The van der Waals surface area contributed by atoms with E-state index in [0.29, 0.717) is 0 Å². The van der Waals surface area contributed by atoms with Crippen LogP contribution in [0.25, 0.3) is 0 Å². The first kappa shape index (κ1) is 10.8. The van der Waals surface area contributed by atoms with Crippen LogP contribution in [0.3, 0.4) is 0 Å². The Balaban J connectivity index is 2.52. The van der Waals surface area contributed by atoms with E-state index in [-0.39, 0.29) is 5.92 Å².